The Morgan fingerprint density at radius 1 is 1.13 bits per heavy atom. The highest BCUT2D eigenvalue weighted by Crippen LogP contribution is 2.28. The van der Waals surface area contributed by atoms with Crippen LogP contribution in [0, 0.1) is 18.6 Å². The second-order valence-electron chi connectivity index (χ2n) is 7.82. The molecule has 0 saturated heterocycles. The number of imidazole rings is 1. The Labute approximate surface area is 192 Å². The van der Waals surface area contributed by atoms with Crippen molar-refractivity contribution >= 4 is 23.8 Å². The second-order valence-corrected chi connectivity index (χ2v) is 8.62. The summed E-state index contributed by atoms with van der Waals surface area (Å²) in [7, 11) is 4.05. The fraction of sp³-hybridized carbons (Fsp3) is 0.261. The molecule has 0 aliphatic heterocycles. The van der Waals surface area contributed by atoms with Gasteiger partial charge in [-0.05, 0) is 62.4 Å². The SMILES string of the molecule is Cc1ccc(-n2cnn(CN(C)[C@@H](c3ccc(Cl)cc3)c3nccn3C)c2=S)c(C)c1. The number of benzene rings is 2. The fourth-order valence-corrected chi connectivity index (χ4v) is 4.23. The lowest BCUT2D eigenvalue weighted by molar-refractivity contribution is 0.199. The summed E-state index contributed by atoms with van der Waals surface area (Å²) in [5.41, 5.74) is 4.53. The van der Waals surface area contributed by atoms with E-state index in [9.17, 15) is 0 Å². The van der Waals surface area contributed by atoms with Crippen molar-refractivity contribution < 1.29 is 0 Å². The quantitative estimate of drug-likeness (QED) is 0.382. The van der Waals surface area contributed by atoms with Gasteiger partial charge in [0, 0.05) is 24.5 Å². The number of nitrogens with zero attached hydrogens (tertiary/aromatic N) is 6. The summed E-state index contributed by atoms with van der Waals surface area (Å²) in [4.78, 5) is 6.78. The predicted octanol–water partition coefficient (Wildman–Crippen LogP) is 5.09. The molecule has 0 amide bonds. The van der Waals surface area contributed by atoms with E-state index in [0.29, 0.717) is 16.5 Å². The molecule has 0 fully saturated rings. The van der Waals surface area contributed by atoms with Crippen LogP contribution in [0.5, 0.6) is 0 Å². The van der Waals surface area contributed by atoms with Gasteiger partial charge in [-0.25, -0.2) is 9.67 Å². The van der Waals surface area contributed by atoms with Crippen molar-refractivity contribution in [3.05, 3.63) is 93.5 Å². The van der Waals surface area contributed by atoms with Gasteiger partial charge in [0.25, 0.3) is 0 Å². The third-order valence-electron chi connectivity index (χ3n) is 5.43. The Bertz CT molecular complexity index is 1250. The van der Waals surface area contributed by atoms with Gasteiger partial charge in [0.05, 0.1) is 18.4 Å². The summed E-state index contributed by atoms with van der Waals surface area (Å²) in [6.45, 7) is 4.69. The molecule has 4 aromatic rings. The number of hydrogen-bond donors (Lipinski definition) is 0. The van der Waals surface area contributed by atoms with E-state index in [1.54, 1.807) is 6.33 Å². The van der Waals surface area contributed by atoms with Crippen LogP contribution in [0.4, 0.5) is 0 Å². The van der Waals surface area contributed by atoms with E-state index in [4.69, 9.17) is 23.8 Å². The Balaban J connectivity index is 1.67. The molecule has 2 aromatic heterocycles. The third kappa shape index (κ3) is 4.35. The normalized spacial score (nSPS) is 12.5. The number of aryl methyl sites for hydroxylation is 3. The van der Waals surface area contributed by atoms with Crippen molar-refractivity contribution in [2.75, 3.05) is 7.05 Å². The summed E-state index contributed by atoms with van der Waals surface area (Å²) in [6.07, 6.45) is 5.55. The van der Waals surface area contributed by atoms with Crippen LogP contribution in [-0.2, 0) is 13.7 Å². The fourth-order valence-electron chi connectivity index (χ4n) is 3.85. The highest BCUT2D eigenvalue weighted by molar-refractivity contribution is 7.71. The third-order valence-corrected chi connectivity index (χ3v) is 6.09. The number of hydrogen-bond acceptors (Lipinski definition) is 4. The minimum atomic E-state index is -0.0783. The standard InChI is InChI=1S/C23H25ClN6S/c1-16-5-10-20(17(2)13-16)29-14-26-30(23(29)31)15-28(4)21(22-25-11-12-27(22)3)18-6-8-19(24)9-7-18/h5-14,21H,15H2,1-4H3/t21-/m0/s1. The Hall–Kier alpha value is -2.74. The molecule has 0 saturated carbocycles. The summed E-state index contributed by atoms with van der Waals surface area (Å²) in [5.74, 6) is 0.935. The molecule has 31 heavy (non-hydrogen) atoms. The van der Waals surface area contributed by atoms with E-state index in [0.717, 1.165) is 22.6 Å². The highest BCUT2D eigenvalue weighted by Gasteiger charge is 2.24. The average Bonchev–Trinajstić information content (AvgIpc) is 3.30. The summed E-state index contributed by atoms with van der Waals surface area (Å²) >= 11 is 11.9. The maximum absolute atomic E-state index is 6.12. The maximum Gasteiger partial charge on any atom is 0.203 e. The minimum absolute atomic E-state index is 0.0783. The van der Waals surface area contributed by atoms with Gasteiger partial charge in [-0.2, -0.15) is 5.10 Å². The van der Waals surface area contributed by atoms with Crippen molar-refractivity contribution in [2.24, 2.45) is 7.05 Å². The van der Waals surface area contributed by atoms with Crippen LogP contribution in [0.15, 0.2) is 61.2 Å². The topological polar surface area (TPSA) is 43.8 Å². The molecular formula is C23H25ClN6S. The molecule has 0 radical (unpaired) electrons. The maximum atomic E-state index is 6.12. The van der Waals surface area contributed by atoms with E-state index in [1.165, 1.54) is 5.56 Å². The molecule has 0 unspecified atom stereocenters. The molecular weight excluding hydrogens is 428 g/mol. The first-order chi connectivity index (χ1) is 14.8. The molecule has 6 nitrogen and oxygen atoms in total. The Morgan fingerprint density at radius 2 is 1.87 bits per heavy atom. The lowest BCUT2D eigenvalue weighted by Crippen LogP contribution is -2.30. The van der Waals surface area contributed by atoms with Gasteiger partial charge in [-0.3, -0.25) is 9.47 Å². The molecule has 2 aromatic carbocycles. The molecule has 1 atom stereocenters. The van der Waals surface area contributed by atoms with Crippen LogP contribution in [0.25, 0.3) is 5.69 Å². The van der Waals surface area contributed by atoms with Crippen LogP contribution in [0.2, 0.25) is 5.02 Å². The van der Waals surface area contributed by atoms with Gasteiger partial charge in [-0.1, -0.05) is 41.4 Å². The summed E-state index contributed by atoms with van der Waals surface area (Å²) < 4.78 is 6.47. The van der Waals surface area contributed by atoms with Gasteiger partial charge >= 0.3 is 0 Å². The van der Waals surface area contributed by atoms with Crippen LogP contribution in [0.1, 0.15) is 28.6 Å². The first-order valence-corrected chi connectivity index (χ1v) is 10.8. The first-order valence-electron chi connectivity index (χ1n) is 10.00. The molecule has 4 rings (SSSR count). The molecule has 8 heteroatoms. The van der Waals surface area contributed by atoms with Gasteiger partial charge < -0.3 is 4.57 Å². The van der Waals surface area contributed by atoms with Gasteiger partial charge in [-0.15, -0.1) is 0 Å². The Kier molecular flexibility index (Phi) is 6.09. The van der Waals surface area contributed by atoms with Crippen molar-refractivity contribution in [3.63, 3.8) is 0 Å². The van der Waals surface area contributed by atoms with Gasteiger partial charge in [0.15, 0.2) is 0 Å². The number of halogens is 1. The van der Waals surface area contributed by atoms with Gasteiger partial charge in [0.1, 0.15) is 12.2 Å². The molecule has 0 bridgehead atoms. The van der Waals surface area contributed by atoms with Crippen LogP contribution >= 0.6 is 23.8 Å². The van der Waals surface area contributed by atoms with Crippen LogP contribution in [0.3, 0.4) is 0 Å². The van der Waals surface area contributed by atoms with Crippen molar-refractivity contribution in [3.8, 4) is 5.69 Å². The average molecular weight is 453 g/mol. The van der Waals surface area contributed by atoms with Crippen LogP contribution in [-0.4, -0.2) is 35.8 Å². The van der Waals surface area contributed by atoms with E-state index >= 15 is 0 Å². The largest absolute Gasteiger partial charge is 0.336 e. The smallest absolute Gasteiger partial charge is 0.203 e. The number of rotatable bonds is 6. The minimum Gasteiger partial charge on any atom is -0.336 e. The van der Waals surface area contributed by atoms with Crippen molar-refractivity contribution in [1.82, 2.24) is 28.8 Å². The highest BCUT2D eigenvalue weighted by atomic mass is 35.5. The summed E-state index contributed by atoms with van der Waals surface area (Å²) in [6, 6.07) is 14.1. The van der Waals surface area contributed by atoms with Crippen molar-refractivity contribution in [2.45, 2.75) is 26.6 Å². The van der Waals surface area contributed by atoms with Crippen LogP contribution < -0.4 is 0 Å². The lowest BCUT2D eigenvalue weighted by atomic mass is 10.1. The Morgan fingerprint density at radius 3 is 2.52 bits per heavy atom. The molecule has 2 heterocycles. The monoisotopic (exact) mass is 452 g/mol. The molecule has 0 N–H and O–H groups in total. The molecule has 0 aliphatic carbocycles. The predicted molar refractivity (Wildman–Crippen MR) is 126 cm³/mol. The second kappa shape index (κ2) is 8.78. The molecule has 0 aliphatic rings. The zero-order valence-electron chi connectivity index (χ0n) is 18.0. The number of aromatic nitrogens is 5. The van der Waals surface area contributed by atoms with Crippen molar-refractivity contribution in [1.29, 1.82) is 0 Å². The zero-order valence-corrected chi connectivity index (χ0v) is 19.6. The molecule has 160 valence electrons. The van der Waals surface area contributed by atoms with E-state index in [-0.39, 0.29) is 6.04 Å². The molecule has 0 spiro atoms. The first kappa shape index (κ1) is 21.5. The summed E-state index contributed by atoms with van der Waals surface area (Å²) in [5, 5.41) is 5.28. The van der Waals surface area contributed by atoms with Gasteiger partial charge in [0.2, 0.25) is 4.77 Å². The zero-order chi connectivity index (χ0) is 22.1. The lowest BCUT2D eigenvalue weighted by Gasteiger charge is -2.28. The van der Waals surface area contributed by atoms with E-state index in [2.05, 4.69) is 47.0 Å². The van der Waals surface area contributed by atoms with E-state index in [1.807, 2.05) is 64.6 Å². The van der Waals surface area contributed by atoms with E-state index < -0.39 is 0 Å².